The summed E-state index contributed by atoms with van der Waals surface area (Å²) in [5.74, 6) is -4.98. The number of anilines is 1. The Hall–Kier alpha value is -2.76. The molecule has 3 rings (SSSR count). The van der Waals surface area contributed by atoms with Crippen LogP contribution in [0, 0.1) is 31.3 Å². The Bertz CT molecular complexity index is 931. The van der Waals surface area contributed by atoms with E-state index in [0.717, 1.165) is 28.6 Å². The lowest BCUT2D eigenvalue weighted by Gasteiger charge is -2.07. The van der Waals surface area contributed by atoms with Crippen LogP contribution in [0.15, 0.2) is 30.3 Å². The molecule has 0 atom stereocenters. The van der Waals surface area contributed by atoms with Gasteiger partial charge in [-0.1, -0.05) is 12.1 Å². The number of hydrogen-bond acceptors (Lipinski definition) is 1. The fourth-order valence-electron chi connectivity index (χ4n) is 2.49. The number of carbonyl (C=O) groups excluding carboxylic acids is 1. The van der Waals surface area contributed by atoms with Gasteiger partial charge in [0.1, 0.15) is 5.69 Å². The molecule has 23 heavy (non-hydrogen) atoms. The number of amides is 1. The Morgan fingerprint density at radius 1 is 1.04 bits per heavy atom. The minimum Gasteiger partial charge on any atom is -0.350 e. The van der Waals surface area contributed by atoms with Gasteiger partial charge < -0.3 is 10.3 Å². The standard InChI is InChI=1S/C17H13F3N2O/c1-8-3-4-10-9(2)16(21-13(10)7-8)17(23)22-12-6-5-11(18)14(19)15(12)20/h3-7,21H,1-2H3,(H,22,23). The molecule has 6 heteroatoms. The highest BCUT2D eigenvalue weighted by Gasteiger charge is 2.19. The summed E-state index contributed by atoms with van der Waals surface area (Å²) in [5, 5.41) is 3.13. The first-order chi connectivity index (χ1) is 10.9. The molecule has 1 amide bonds. The Kier molecular flexibility index (Phi) is 3.60. The molecule has 3 aromatic rings. The summed E-state index contributed by atoms with van der Waals surface area (Å²) in [4.78, 5) is 15.3. The van der Waals surface area contributed by atoms with Crippen LogP contribution in [0.2, 0.25) is 0 Å². The largest absolute Gasteiger partial charge is 0.350 e. The van der Waals surface area contributed by atoms with Crippen molar-refractivity contribution in [2.45, 2.75) is 13.8 Å². The second-order valence-corrected chi connectivity index (χ2v) is 5.35. The molecule has 0 radical (unpaired) electrons. The molecule has 3 nitrogen and oxygen atoms in total. The van der Waals surface area contributed by atoms with E-state index in [2.05, 4.69) is 10.3 Å². The van der Waals surface area contributed by atoms with Crippen molar-refractivity contribution in [3.8, 4) is 0 Å². The fourth-order valence-corrected chi connectivity index (χ4v) is 2.49. The SMILES string of the molecule is Cc1ccc2c(C)c(C(=O)Nc3ccc(F)c(F)c3F)[nH]c2c1. The van der Waals surface area contributed by atoms with Crippen LogP contribution in [-0.4, -0.2) is 10.9 Å². The zero-order chi connectivity index (χ0) is 16.7. The molecule has 0 saturated carbocycles. The lowest BCUT2D eigenvalue weighted by molar-refractivity contribution is 0.102. The number of fused-ring (bicyclic) bond motifs is 1. The predicted molar refractivity (Wildman–Crippen MR) is 82.0 cm³/mol. The minimum absolute atomic E-state index is 0.245. The first-order valence-electron chi connectivity index (χ1n) is 6.92. The van der Waals surface area contributed by atoms with E-state index < -0.39 is 29.0 Å². The van der Waals surface area contributed by atoms with Gasteiger partial charge in [-0.15, -0.1) is 0 Å². The highest BCUT2D eigenvalue weighted by molar-refractivity contribution is 6.07. The third-order valence-corrected chi connectivity index (χ3v) is 3.72. The van der Waals surface area contributed by atoms with Gasteiger partial charge in [0, 0.05) is 10.9 Å². The maximum Gasteiger partial charge on any atom is 0.272 e. The topological polar surface area (TPSA) is 44.9 Å². The predicted octanol–water partition coefficient (Wildman–Crippen LogP) is 4.45. The number of aromatic nitrogens is 1. The van der Waals surface area contributed by atoms with Gasteiger partial charge in [0.25, 0.3) is 5.91 Å². The molecule has 0 aliphatic carbocycles. The number of H-pyrrole nitrogens is 1. The Morgan fingerprint density at radius 3 is 2.52 bits per heavy atom. The summed E-state index contributed by atoms with van der Waals surface area (Å²) in [7, 11) is 0. The van der Waals surface area contributed by atoms with Gasteiger partial charge in [0.15, 0.2) is 17.5 Å². The normalized spacial score (nSPS) is 11.0. The monoisotopic (exact) mass is 318 g/mol. The lowest BCUT2D eigenvalue weighted by Crippen LogP contribution is -2.15. The van der Waals surface area contributed by atoms with Gasteiger partial charge in [-0.25, -0.2) is 13.2 Å². The van der Waals surface area contributed by atoms with Crippen LogP contribution in [-0.2, 0) is 0 Å². The van der Waals surface area contributed by atoms with E-state index >= 15 is 0 Å². The Morgan fingerprint density at radius 2 is 1.78 bits per heavy atom. The zero-order valence-electron chi connectivity index (χ0n) is 12.4. The van der Waals surface area contributed by atoms with E-state index in [1.54, 1.807) is 6.92 Å². The number of hydrogen-bond donors (Lipinski definition) is 2. The zero-order valence-corrected chi connectivity index (χ0v) is 12.4. The number of carbonyl (C=O) groups is 1. The summed E-state index contributed by atoms with van der Waals surface area (Å²) in [6.07, 6.45) is 0. The summed E-state index contributed by atoms with van der Waals surface area (Å²) in [6.45, 7) is 3.68. The van der Waals surface area contributed by atoms with Crippen molar-refractivity contribution < 1.29 is 18.0 Å². The molecule has 0 unspecified atom stereocenters. The minimum atomic E-state index is -1.62. The van der Waals surface area contributed by atoms with Crippen molar-refractivity contribution in [2.24, 2.45) is 0 Å². The van der Waals surface area contributed by atoms with E-state index in [1.165, 1.54) is 0 Å². The van der Waals surface area contributed by atoms with Gasteiger partial charge in [-0.05, 0) is 43.2 Å². The molecular weight excluding hydrogens is 305 g/mol. The van der Waals surface area contributed by atoms with Crippen LogP contribution in [0.3, 0.4) is 0 Å². The number of aryl methyl sites for hydroxylation is 2. The molecule has 2 N–H and O–H groups in total. The maximum atomic E-state index is 13.7. The summed E-state index contributed by atoms with van der Waals surface area (Å²) >= 11 is 0. The molecular formula is C17H13F3N2O. The number of benzene rings is 2. The molecule has 0 spiro atoms. The third kappa shape index (κ3) is 2.56. The molecule has 0 aliphatic rings. The van der Waals surface area contributed by atoms with Crippen LogP contribution in [0.25, 0.3) is 10.9 Å². The average Bonchev–Trinajstić information content (AvgIpc) is 2.84. The summed E-state index contributed by atoms with van der Waals surface area (Å²) in [5.41, 5.74) is 2.33. The van der Waals surface area contributed by atoms with Gasteiger partial charge in [0.05, 0.1) is 5.69 Å². The van der Waals surface area contributed by atoms with Crippen molar-refractivity contribution in [1.29, 1.82) is 0 Å². The average molecular weight is 318 g/mol. The number of halogens is 3. The Labute approximate surface area is 130 Å². The van der Waals surface area contributed by atoms with Crippen LogP contribution in [0.1, 0.15) is 21.6 Å². The molecule has 1 aromatic heterocycles. The smallest absolute Gasteiger partial charge is 0.272 e. The summed E-state index contributed by atoms with van der Waals surface area (Å²) < 4.78 is 39.8. The van der Waals surface area contributed by atoms with E-state index in [1.807, 2.05) is 25.1 Å². The molecule has 0 saturated heterocycles. The fraction of sp³-hybridized carbons (Fsp3) is 0.118. The van der Waals surface area contributed by atoms with Crippen molar-refractivity contribution in [2.75, 3.05) is 5.32 Å². The molecule has 2 aromatic carbocycles. The summed E-state index contributed by atoms with van der Waals surface area (Å²) in [6, 6.07) is 7.42. The molecule has 0 bridgehead atoms. The highest BCUT2D eigenvalue weighted by Crippen LogP contribution is 2.25. The van der Waals surface area contributed by atoms with Crippen molar-refractivity contribution in [3.63, 3.8) is 0 Å². The van der Waals surface area contributed by atoms with Crippen molar-refractivity contribution in [3.05, 3.63) is 64.6 Å². The number of nitrogens with one attached hydrogen (secondary N) is 2. The van der Waals surface area contributed by atoms with Gasteiger partial charge in [0.2, 0.25) is 0 Å². The third-order valence-electron chi connectivity index (χ3n) is 3.72. The van der Waals surface area contributed by atoms with Gasteiger partial charge >= 0.3 is 0 Å². The molecule has 0 fully saturated rings. The van der Waals surface area contributed by atoms with Crippen LogP contribution in [0.5, 0.6) is 0 Å². The maximum absolute atomic E-state index is 13.7. The first-order valence-corrected chi connectivity index (χ1v) is 6.92. The van der Waals surface area contributed by atoms with E-state index in [9.17, 15) is 18.0 Å². The molecule has 0 aliphatic heterocycles. The number of aromatic amines is 1. The lowest BCUT2D eigenvalue weighted by atomic mass is 10.1. The van der Waals surface area contributed by atoms with Crippen LogP contribution >= 0.6 is 0 Å². The van der Waals surface area contributed by atoms with Crippen LogP contribution < -0.4 is 5.32 Å². The van der Waals surface area contributed by atoms with Gasteiger partial charge in [-0.2, -0.15) is 0 Å². The molecule has 118 valence electrons. The molecule has 1 heterocycles. The van der Waals surface area contributed by atoms with E-state index in [0.29, 0.717) is 5.56 Å². The van der Waals surface area contributed by atoms with Crippen LogP contribution in [0.4, 0.5) is 18.9 Å². The van der Waals surface area contributed by atoms with Crippen molar-refractivity contribution in [1.82, 2.24) is 4.98 Å². The van der Waals surface area contributed by atoms with Crippen molar-refractivity contribution >= 4 is 22.5 Å². The number of rotatable bonds is 2. The van der Waals surface area contributed by atoms with Gasteiger partial charge in [-0.3, -0.25) is 4.79 Å². The van der Waals surface area contributed by atoms with E-state index in [-0.39, 0.29) is 5.69 Å². The quantitative estimate of drug-likeness (QED) is 0.674. The highest BCUT2D eigenvalue weighted by atomic mass is 19.2. The Balaban J connectivity index is 1.98. The first kappa shape index (κ1) is 15.1. The second kappa shape index (κ2) is 5.46. The second-order valence-electron chi connectivity index (χ2n) is 5.35. The van der Waals surface area contributed by atoms with E-state index in [4.69, 9.17) is 0 Å².